The average molecular weight is 479 g/mol. The Morgan fingerprint density at radius 3 is 2.48 bits per heavy atom. The Morgan fingerprint density at radius 2 is 1.88 bits per heavy atom. The lowest BCUT2D eigenvalue weighted by molar-refractivity contribution is 0.0795. The van der Waals surface area contributed by atoms with E-state index in [-0.39, 0.29) is 35.1 Å². The van der Waals surface area contributed by atoms with E-state index in [4.69, 9.17) is 18.4 Å². The summed E-state index contributed by atoms with van der Waals surface area (Å²) in [6, 6.07) is 10.6. The van der Waals surface area contributed by atoms with E-state index < -0.39 is 10.1 Å². The van der Waals surface area contributed by atoms with Crippen LogP contribution in [-0.4, -0.2) is 59.4 Å². The highest BCUT2D eigenvalue weighted by atomic mass is 32.2. The molecule has 1 saturated heterocycles. The molecule has 9 nitrogen and oxygen atoms in total. The monoisotopic (exact) mass is 478 g/mol. The van der Waals surface area contributed by atoms with Gasteiger partial charge in [0, 0.05) is 26.2 Å². The van der Waals surface area contributed by atoms with E-state index in [0.29, 0.717) is 31.0 Å². The molecule has 3 rings (SSSR count). The lowest BCUT2D eigenvalue weighted by Crippen LogP contribution is -2.43. The number of rotatable bonds is 10. The number of amides is 2. The first kappa shape index (κ1) is 24.7. The predicted octanol–water partition coefficient (Wildman–Crippen LogP) is 3.18. The van der Waals surface area contributed by atoms with Gasteiger partial charge in [0.1, 0.15) is 10.6 Å². The van der Waals surface area contributed by atoms with Gasteiger partial charge in [-0.3, -0.25) is 0 Å². The SMILES string of the molecule is CCNC(=O)N(Cc1ccc(OC)c(OS(=O)(=O)c2ccc(OC)cc2)c1)CC1CCCO1. The number of hydrogen-bond donors (Lipinski definition) is 1. The van der Waals surface area contributed by atoms with Gasteiger partial charge in [-0.2, -0.15) is 8.42 Å². The third-order valence-electron chi connectivity index (χ3n) is 5.21. The van der Waals surface area contributed by atoms with Crippen LogP contribution in [0.2, 0.25) is 0 Å². The van der Waals surface area contributed by atoms with Crippen molar-refractivity contribution in [2.45, 2.75) is 37.3 Å². The smallest absolute Gasteiger partial charge is 0.339 e. The number of hydrogen-bond acceptors (Lipinski definition) is 7. The summed E-state index contributed by atoms with van der Waals surface area (Å²) in [5, 5.41) is 2.82. The summed E-state index contributed by atoms with van der Waals surface area (Å²) >= 11 is 0. The maximum Gasteiger partial charge on any atom is 0.339 e. The Hall–Kier alpha value is -2.98. The summed E-state index contributed by atoms with van der Waals surface area (Å²) in [4.78, 5) is 14.2. The van der Waals surface area contributed by atoms with Gasteiger partial charge in [-0.05, 0) is 61.7 Å². The van der Waals surface area contributed by atoms with Gasteiger partial charge in [0.15, 0.2) is 11.5 Å². The third-order valence-corrected chi connectivity index (χ3v) is 6.46. The Morgan fingerprint density at radius 1 is 1.12 bits per heavy atom. The quantitative estimate of drug-likeness (QED) is 0.523. The molecule has 0 saturated carbocycles. The Kier molecular flexibility index (Phi) is 8.40. The summed E-state index contributed by atoms with van der Waals surface area (Å²) in [6.07, 6.45) is 1.85. The van der Waals surface area contributed by atoms with Crippen molar-refractivity contribution in [3.05, 3.63) is 48.0 Å². The molecule has 0 aliphatic carbocycles. The number of ether oxygens (including phenoxy) is 3. The van der Waals surface area contributed by atoms with Crippen molar-refractivity contribution in [3.63, 3.8) is 0 Å². The first-order valence-corrected chi connectivity index (χ1v) is 12.2. The average Bonchev–Trinajstić information content (AvgIpc) is 3.32. The minimum Gasteiger partial charge on any atom is -0.497 e. The number of nitrogens with one attached hydrogen (secondary N) is 1. The third kappa shape index (κ3) is 6.52. The first-order chi connectivity index (χ1) is 15.9. The molecule has 0 radical (unpaired) electrons. The molecule has 0 spiro atoms. The van der Waals surface area contributed by atoms with Gasteiger partial charge in [-0.25, -0.2) is 4.79 Å². The van der Waals surface area contributed by atoms with Gasteiger partial charge in [-0.1, -0.05) is 6.07 Å². The predicted molar refractivity (Wildman–Crippen MR) is 122 cm³/mol. The highest BCUT2D eigenvalue weighted by Crippen LogP contribution is 2.32. The number of carbonyl (C=O) groups excluding carboxylic acids is 1. The zero-order chi connectivity index (χ0) is 23.8. The number of urea groups is 1. The lowest BCUT2D eigenvalue weighted by atomic mass is 10.1. The molecule has 2 aromatic rings. The second-order valence-electron chi connectivity index (χ2n) is 7.55. The molecule has 1 fully saturated rings. The van der Waals surface area contributed by atoms with Gasteiger partial charge < -0.3 is 28.6 Å². The summed E-state index contributed by atoms with van der Waals surface area (Å²) in [7, 11) is -1.18. The first-order valence-electron chi connectivity index (χ1n) is 10.8. The van der Waals surface area contributed by atoms with Crippen LogP contribution in [0.15, 0.2) is 47.4 Å². The van der Waals surface area contributed by atoms with Crippen LogP contribution in [0.3, 0.4) is 0 Å². The number of carbonyl (C=O) groups is 1. The standard InChI is InChI=1S/C23H30N2O7S/c1-4-24-23(26)25(16-19-6-5-13-31-19)15-17-7-12-21(30-3)22(14-17)32-33(27,28)20-10-8-18(29-2)9-11-20/h7-12,14,19H,4-6,13,15-16H2,1-3H3,(H,24,26). The van der Waals surface area contributed by atoms with Crippen LogP contribution in [0.25, 0.3) is 0 Å². The van der Waals surface area contributed by atoms with Crippen molar-refractivity contribution >= 4 is 16.1 Å². The van der Waals surface area contributed by atoms with Crippen LogP contribution < -0.4 is 19.0 Å². The molecule has 1 unspecified atom stereocenters. The van der Waals surface area contributed by atoms with Crippen molar-refractivity contribution in [3.8, 4) is 17.2 Å². The van der Waals surface area contributed by atoms with Gasteiger partial charge >= 0.3 is 16.1 Å². The van der Waals surface area contributed by atoms with E-state index in [2.05, 4.69) is 5.32 Å². The molecule has 1 heterocycles. The fourth-order valence-electron chi connectivity index (χ4n) is 3.53. The van der Waals surface area contributed by atoms with Gasteiger partial charge in [0.25, 0.3) is 0 Å². The maximum atomic E-state index is 12.8. The van der Waals surface area contributed by atoms with Crippen LogP contribution in [0.4, 0.5) is 4.79 Å². The van der Waals surface area contributed by atoms with Crippen LogP contribution in [0, 0.1) is 0 Å². The normalized spacial score (nSPS) is 15.7. The minimum absolute atomic E-state index is 0.0157. The van der Waals surface area contributed by atoms with Gasteiger partial charge in [0.05, 0.1) is 20.3 Å². The van der Waals surface area contributed by atoms with Crippen molar-refractivity contribution in [1.82, 2.24) is 10.2 Å². The molecule has 1 atom stereocenters. The minimum atomic E-state index is -4.11. The second kappa shape index (κ2) is 11.2. The van der Waals surface area contributed by atoms with E-state index >= 15 is 0 Å². The highest BCUT2D eigenvalue weighted by molar-refractivity contribution is 7.87. The van der Waals surface area contributed by atoms with Crippen LogP contribution >= 0.6 is 0 Å². The van der Waals surface area contributed by atoms with Crippen LogP contribution in [-0.2, 0) is 21.4 Å². The van der Waals surface area contributed by atoms with E-state index in [1.54, 1.807) is 35.2 Å². The zero-order valence-corrected chi connectivity index (χ0v) is 19.9. The van der Waals surface area contributed by atoms with Crippen molar-refractivity contribution < 1.29 is 31.6 Å². The molecule has 180 valence electrons. The lowest BCUT2D eigenvalue weighted by Gasteiger charge is -2.26. The summed E-state index contributed by atoms with van der Waals surface area (Å²) in [5.41, 5.74) is 0.694. The molecule has 0 bridgehead atoms. The number of nitrogens with zero attached hydrogens (tertiary/aromatic N) is 1. The zero-order valence-electron chi connectivity index (χ0n) is 19.1. The van der Waals surface area contributed by atoms with E-state index in [9.17, 15) is 13.2 Å². The topological polar surface area (TPSA) is 103 Å². The van der Waals surface area contributed by atoms with E-state index in [1.165, 1.54) is 26.4 Å². The van der Waals surface area contributed by atoms with Gasteiger partial charge in [-0.15, -0.1) is 0 Å². The molecule has 1 aliphatic heterocycles. The molecular weight excluding hydrogens is 448 g/mol. The summed E-state index contributed by atoms with van der Waals surface area (Å²) in [5.74, 6) is 0.837. The fraction of sp³-hybridized carbons (Fsp3) is 0.435. The van der Waals surface area contributed by atoms with Crippen molar-refractivity contribution in [2.75, 3.05) is 33.9 Å². The number of methoxy groups -OCH3 is 2. The molecule has 2 aromatic carbocycles. The molecular formula is C23H30N2O7S. The summed E-state index contributed by atoms with van der Waals surface area (Å²) < 4.78 is 47.1. The molecule has 1 N–H and O–H groups in total. The molecule has 0 aromatic heterocycles. The molecule has 10 heteroatoms. The largest absolute Gasteiger partial charge is 0.497 e. The van der Waals surface area contributed by atoms with E-state index in [0.717, 1.165) is 12.8 Å². The second-order valence-corrected chi connectivity index (χ2v) is 9.10. The van der Waals surface area contributed by atoms with Crippen molar-refractivity contribution in [2.24, 2.45) is 0 Å². The molecule has 1 aliphatic rings. The fourth-order valence-corrected chi connectivity index (χ4v) is 4.46. The van der Waals surface area contributed by atoms with Gasteiger partial charge in [0.2, 0.25) is 0 Å². The Balaban J connectivity index is 1.82. The Bertz CT molecular complexity index is 1040. The number of benzene rings is 2. The molecule has 33 heavy (non-hydrogen) atoms. The van der Waals surface area contributed by atoms with E-state index in [1.807, 2.05) is 6.92 Å². The van der Waals surface area contributed by atoms with Crippen LogP contribution in [0.1, 0.15) is 25.3 Å². The molecule has 2 amide bonds. The van der Waals surface area contributed by atoms with Crippen LogP contribution in [0.5, 0.6) is 17.2 Å². The van der Waals surface area contributed by atoms with Crippen molar-refractivity contribution in [1.29, 1.82) is 0 Å². The highest BCUT2D eigenvalue weighted by Gasteiger charge is 2.24. The summed E-state index contributed by atoms with van der Waals surface area (Å²) in [6.45, 7) is 3.74. The maximum absolute atomic E-state index is 12.8. The Labute approximate surface area is 194 Å².